The first-order valence-electron chi connectivity index (χ1n) is 8.98. The lowest BCUT2D eigenvalue weighted by Crippen LogP contribution is -2.39. The fraction of sp³-hybridized carbons (Fsp3) is 0.190. The molecule has 0 radical (unpaired) electrons. The molecule has 2 aromatic heterocycles. The molecule has 1 atom stereocenters. The number of benzene rings is 1. The molecule has 1 aromatic carbocycles. The zero-order valence-electron chi connectivity index (χ0n) is 15.7. The minimum Gasteiger partial charge on any atom is -0.463 e. The van der Waals surface area contributed by atoms with Gasteiger partial charge in [-0.05, 0) is 49.1 Å². The highest BCUT2D eigenvalue weighted by Gasteiger charge is 2.33. The van der Waals surface area contributed by atoms with E-state index in [1.54, 1.807) is 36.6 Å². The lowest BCUT2D eigenvalue weighted by atomic mass is 10.0. The van der Waals surface area contributed by atoms with Crippen molar-refractivity contribution in [3.63, 3.8) is 0 Å². The van der Waals surface area contributed by atoms with Gasteiger partial charge in [-0.3, -0.25) is 9.36 Å². The number of halogens is 1. The summed E-state index contributed by atoms with van der Waals surface area (Å²) >= 11 is 8.86. The summed E-state index contributed by atoms with van der Waals surface area (Å²) in [7, 11) is 0. The first-order valence-corrected chi connectivity index (χ1v) is 11.1. The molecule has 0 amide bonds. The van der Waals surface area contributed by atoms with Gasteiger partial charge in [0.15, 0.2) is 4.80 Å². The summed E-state index contributed by atoms with van der Waals surface area (Å²) in [5, 5.41) is 2.53. The van der Waals surface area contributed by atoms with Crippen LogP contribution >= 0.6 is 34.3 Å². The number of carbonyl (C=O) groups excluding carboxylic acids is 1. The van der Waals surface area contributed by atoms with E-state index in [2.05, 4.69) is 4.99 Å². The third-order valence-electron chi connectivity index (χ3n) is 4.48. The van der Waals surface area contributed by atoms with Gasteiger partial charge in [-0.25, -0.2) is 9.79 Å². The lowest BCUT2D eigenvalue weighted by molar-refractivity contribution is -0.139. The van der Waals surface area contributed by atoms with Gasteiger partial charge in [0.25, 0.3) is 5.56 Å². The number of hydrogen-bond acceptors (Lipinski definition) is 6. The first-order chi connectivity index (χ1) is 14.0. The highest BCUT2D eigenvalue weighted by atomic mass is 35.5. The Labute approximate surface area is 179 Å². The second kappa shape index (κ2) is 8.10. The summed E-state index contributed by atoms with van der Waals surface area (Å²) in [6.45, 7) is 3.79. The highest BCUT2D eigenvalue weighted by Crippen LogP contribution is 2.33. The van der Waals surface area contributed by atoms with Gasteiger partial charge in [0.1, 0.15) is 6.04 Å². The predicted molar refractivity (Wildman–Crippen MR) is 116 cm³/mol. The first kappa shape index (κ1) is 19.8. The van der Waals surface area contributed by atoms with Crippen molar-refractivity contribution in [2.24, 2.45) is 4.99 Å². The number of aromatic nitrogens is 1. The van der Waals surface area contributed by atoms with E-state index in [1.165, 1.54) is 22.7 Å². The molecule has 1 unspecified atom stereocenters. The Balaban J connectivity index is 1.94. The Kier molecular flexibility index (Phi) is 5.54. The molecule has 0 aliphatic carbocycles. The molecule has 0 N–H and O–H groups in total. The number of ether oxygens (including phenoxy) is 1. The summed E-state index contributed by atoms with van der Waals surface area (Å²) in [6.07, 6.45) is 1.80. The third kappa shape index (κ3) is 3.73. The van der Waals surface area contributed by atoms with Crippen molar-refractivity contribution in [1.29, 1.82) is 0 Å². The number of rotatable bonds is 4. The molecule has 3 aromatic rings. The van der Waals surface area contributed by atoms with Crippen molar-refractivity contribution in [2.75, 3.05) is 6.61 Å². The number of nitrogens with zero attached hydrogens (tertiary/aromatic N) is 2. The maximum absolute atomic E-state index is 13.3. The van der Waals surface area contributed by atoms with Crippen LogP contribution in [0.5, 0.6) is 0 Å². The molecular weight excluding hydrogens is 428 g/mol. The minimum atomic E-state index is -0.549. The summed E-state index contributed by atoms with van der Waals surface area (Å²) in [5.74, 6) is -0.448. The molecule has 4 rings (SSSR count). The molecule has 148 valence electrons. The van der Waals surface area contributed by atoms with Gasteiger partial charge >= 0.3 is 5.97 Å². The number of carbonyl (C=O) groups is 1. The van der Waals surface area contributed by atoms with E-state index in [9.17, 15) is 9.59 Å². The normalized spacial score (nSPS) is 16.5. The second-order valence-electron chi connectivity index (χ2n) is 6.37. The van der Waals surface area contributed by atoms with E-state index in [1.807, 2.05) is 29.6 Å². The van der Waals surface area contributed by atoms with E-state index < -0.39 is 12.0 Å². The second-order valence-corrected chi connectivity index (χ2v) is 8.80. The number of thiazole rings is 1. The van der Waals surface area contributed by atoms with Crippen LogP contribution in [0.3, 0.4) is 0 Å². The Hall–Kier alpha value is -2.48. The number of allylic oxidation sites excluding steroid dienone is 1. The van der Waals surface area contributed by atoms with Crippen LogP contribution in [0.2, 0.25) is 5.02 Å². The fourth-order valence-corrected chi connectivity index (χ4v) is 5.32. The molecule has 29 heavy (non-hydrogen) atoms. The van der Waals surface area contributed by atoms with Crippen LogP contribution in [-0.2, 0) is 9.53 Å². The van der Waals surface area contributed by atoms with Crippen LogP contribution in [0.25, 0.3) is 6.08 Å². The monoisotopic (exact) mass is 444 g/mol. The van der Waals surface area contributed by atoms with Gasteiger partial charge in [0, 0.05) is 9.90 Å². The Bertz CT molecular complexity index is 1290. The Morgan fingerprint density at radius 3 is 2.86 bits per heavy atom. The molecular formula is C21H17ClN2O3S2. The van der Waals surface area contributed by atoms with Crippen LogP contribution in [-0.4, -0.2) is 17.1 Å². The highest BCUT2D eigenvalue weighted by molar-refractivity contribution is 7.10. The zero-order valence-corrected chi connectivity index (χ0v) is 18.1. The van der Waals surface area contributed by atoms with E-state index in [0.717, 1.165) is 10.4 Å². The number of hydrogen-bond donors (Lipinski definition) is 0. The smallest absolute Gasteiger partial charge is 0.338 e. The van der Waals surface area contributed by atoms with Gasteiger partial charge in [0.2, 0.25) is 0 Å². The van der Waals surface area contributed by atoms with Gasteiger partial charge in [-0.2, -0.15) is 0 Å². The molecule has 0 spiro atoms. The average molecular weight is 445 g/mol. The van der Waals surface area contributed by atoms with Crippen LogP contribution in [0.4, 0.5) is 0 Å². The SMILES string of the molecule is CCOC(=O)C1=C(C)N=c2s/c(=C/c3cccc(Cl)c3)c(=O)n2C1c1cccs1. The van der Waals surface area contributed by atoms with Crippen LogP contribution in [0, 0.1) is 0 Å². The van der Waals surface area contributed by atoms with Crippen molar-refractivity contribution >= 4 is 46.3 Å². The van der Waals surface area contributed by atoms with Crippen LogP contribution in [0.1, 0.15) is 30.3 Å². The molecule has 5 nitrogen and oxygen atoms in total. The van der Waals surface area contributed by atoms with Gasteiger partial charge in [-0.1, -0.05) is 41.1 Å². The molecule has 0 fully saturated rings. The number of esters is 1. The minimum absolute atomic E-state index is 0.193. The van der Waals surface area contributed by atoms with Gasteiger partial charge < -0.3 is 4.74 Å². The topological polar surface area (TPSA) is 60.7 Å². The van der Waals surface area contributed by atoms with Crippen molar-refractivity contribution in [3.8, 4) is 0 Å². The van der Waals surface area contributed by atoms with Gasteiger partial charge in [0.05, 0.1) is 22.4 Å². The quantitative estimate of drug-likeness (QED) is 0.578. The Morgan fingerprint density at radius 2 is 2.17 bits per heavy atom. The predicted octanol–water partition coefficient (Wildman–Crippen LogP) is 3.51. The summed E-state index contributed by atoms with van der Waals surface area (Å²) < 4.78 is 7.39. The van der Waals surface area contributed by atoms with Crippen molar-refractivity contribution in [1.82, 2.24) is 4.57 Å². The van der Waals surface area contributed by atoms with Crippen LogP contribution in [0.15, 0.2) is 62.8 Å². The summed E-state index contributed by atoms with van der Waals surface area (Å²) in [4.78, 5) is 32.0. The van der Waals surface area contributed by atoms with Crippen molar-refractivity contribution < 1.29 is 9.53 Å². The molecule has 0 saturated carbocycles. The summed E-state index contributed by atoms with van der Waals surface area (Å²) in [5.41, 5.74) is 1.60. The number of fused-ring (bicyclic) bond motifs is 1. The molecule has 3 heterocycles. The molecule has 0 bridgehead atoms. The van der Waals surface area contributed by atoms with E-state index in [4.69, 9.17) is 16.3 Å². The number of thiophene rings is 1. The van der Waals surface area contributed by atoms with Crippen molar-refractivity contribution in [2.45, 2.75) is 19.9 Å². The molecule has 8 heteroatoms. The average Bonchev–Trinajstić information content (AvgIpc) is 3.30. The maximum atomic E-state index is 13.3. The van der Waals surface area contributed by atoms with Gasteiger partial charge in [-0.15, -0.1) is 11.3 Å². The van der Waals surface area contributed by atoms with E-state index in [-0.39, 0.29) is 12.2 Å². The maximum Gasteiger partial charge on any atom is 0.338 e. The molecule has 0 saturated heterocycles. The van der Waals surface area contributed by atoms with Crippen molar-refractivity contribution in [3.05, 3.63) is 88.2 Å². The van der Waals surface area contributed by atoms with E-state index in [0.29, 0.717) is 25.6 Å². The fourth-order valence-electron chi connectivity index (χ4n) is 3.26. The Morgan fingerprint density at radius 1 is 1.34 bits per heavy atom. The van der Waals surface area contributed by atoms with Crippen LogP contribution < -0.4 is 14.9 Å². The largest absolute Gasteiger partial charge is 0.463 e. The standard InChI is InChI=1S/C21H17ClN2O3S2/c1-3-27-20(26)17-12(2)23-21-24(18(17)15-8-5-9-28-15)19(25)16(29-21)11-13-6-4-7-14(22)10-13/h4-11,18H,3H2,1-2H3/b16-11+. The zero-order chi connectivity index (χ0) is 20.5. The lowest BCUT2D eigenvalue weighted by Gasteiger charge is -2.23. The molecule has 1 aliphatic heterocycles. The van der Waals surface area contributed by atoms with E-state index >= 15 is 0 Å². The third-order valence-corrected chi connectivity index (χ3v) is 6.62. The molecule has 1 aliphatic rings. The summed E-state index contributed by atoms with van der Waals surface area (Å²) in [6, 6.07) is 10.6.